The van der Waals surface area contributed by atoms with Crippen molar-refractivity contribution in [3.63, 3.8) is 0 Å². The normalized spacial score (nSPS) is 11.6. The van der Waals surface area contributed by atoms with E-state index < -0.39 is 5.41 Å². The van der Waals surface area contributed by atoms with Gasteiger partial charge >= 0.3 is 0 Å². The highest BCUT2D eigenvalue weighted by Gasteiger charge is 2.22. The molecule has 84 valence electrons. The van der Waals surface area contributed by atoms with Crippen LogP contribution in [0.5, 0.6) is 5.75 Å². The second kappa shape index (κ2) is 4.19. The van der Waals surface area contributed by atoms with E-state index in [1.54, 1.807) is 13.0 Å². The van der Waals surface area contributed by atoms with E-state index in [-0.39, 0.29) is 12.4 Å². The first-order valence-corrected chi connectivity index (χ1v) is 4.88. The van der Waals surface area contributed by atoms with Crippen LogP contribution >= 0.6 is 0 Å². The van der Waals surface area contributed by atoms with E-state index in [9.17, 15) is 9.50 Å². The molecule has 0 bridgehead atoms. The molecule has 0 aliphatic rings. The topological polar surface area (TPSA) is 29.5 Å². The van der Waals surface area contributed by atoms with Crippen molar-refractivity contribution in [1.29, 1.82) is 0 Å². The highest BCUT2D eigenvalue weighted by Crippen LogP contribution is 2.30. The van der Waals surface area contributed by atoms with Crippen LogP contribution in [0.1, 0.15) is 25.0 Å². The van der Waals surface area contributed by atoms with Crippen molar-refractivity contribution in [2.24, 2.45) is 0 Å². The Kier molecular flexibility index (Phi) is 3.35. The SMILES string of the molecule is COc1cc(C(C)(C)CO)cc(F)c1C. The van der Waals surface area contributed by atoms with Crippen molar-refractivity contribution in [2.75, 3.05) is 13.7 Å². The summed E-state index contributed by atoms with van der Waals surface area (Å²) in [4.78, 5) is 0. The lowest BCUT2D eigenvalue weighted by atomic mass is 9.85. The maximum atomic E-state index is 13.5. The van der Waals surface area contributed by atoms with Crippen molar-refractivity contribution in [2.45, 2.75) is 26.2 Å². The predicted octanol–water partition coefficient (Wildman–Crippen LogP) is 2.41. The number of aliphatic hydroxyl groups is 1. The molecule has 15 heavy (non-hydrogen) atoms. The monoisotopic (exact) mass is 212 g/mol. The number of methoxy groups -OCH3 is 1. The molecule has 0 saturated carbocycles. The number of rotatable bonds is 3. The molecule has 0 amide bonds. The quantitative estimate of drug-likeness (QED) is 0.833. The molecule has 1 aromatic carbocycles. The van der Waals surface area contributed by atoms with Gasteiger partial charge in [-0.2, -0.15) is 0 Å². The standard InChI is InChI=1S/C12H17FO2/c1-8-10(13)5-9(6-11(8)15-4)12(2,3)7-14/h5-6,14H,7H2,1-4H3. The highest BCUT2D eigenvalue weighted by molar-refractivity contribution is 5.40. The van der Waals surface area contributed by atoms with Crippen LogP contribution in [0, 0.1) is 12.7 Å². The fourth-order valence-electron chi connectivity index (χ4n) is 1.35. The Bertz CT molecular complexity index is 359. The van der Waals surface area contributed by atoms with E-state index in [0.717, 1.165) is 5.56 Å². The molecule has 0 atom stereocenters. The van der Waals surface area contributed by atoms with Gasteiger partial charge in [0, 0.05) is 11.0 Å². The van der Waals surface area contributed by atoms with Gasteiger partial charge < -0.3 is 9.84 Å². The fourth-order valence-corrected chi connectivity index (χ4v) is 1.35. The van der Waals surface area contributed by atoms with Gasteiger partial charge in [0.05, 0.1) is 13.7 Å². The maximum absolute atomic E-state index is 13.5. The van der Waals surface area contributed by atoms with Gasteiger partial charge in [-0.1, -0.05) is 13.8 Å². The molecular weight excluding hydrogens is 195 g/mol. The Labute approximate surface area is 89.7 Å². The summed E-state index contributed by atoms with van der Waals surface area (Å²) in [5.41, 5.74) is 0.780. The van der Waals surface area contributed by atoms with Gasteiger partial charge in [-0.3, -0.25) is 0 Å². The van der Waals surface area contributed by atoms with E-state index in [1.807, 2.05) is 13.8 Å². The molecule has 0 fully saturated rings. The van der Waals surface area contributed by atoms with E-state index in [2.05, 4.69) is 0 Å². The minimum Gasteiger partial charge on any atom is -0.496 e. The summed E-state index contributed by atoms with van der Waals surface area (Å²) in [5, 5.41) is 9.21. The van der Waals surface area contributed by atoms with Gasteiger partial charge in [0.25, 0.3) is 0 Å². The van der Waals surface area contributed by atoms with Crippen LogP contribution in [0.3, 0.4) is 0 Å². The number of ether oxygens (including phenoxy) is 1. The molecule has 3 heteroatoms. The van der Waals surface area contributed by atoms with E-state index in [1.165, 1.54) is 13.2 Å². The minimum atomic E-state index is -0.457. The largest absolute Gasteiger partial charge is 0.496 e. The van der Waals surface area contributed by atoms with Gasteiger partial charge in [-0.15, -0.1) is 0 Å². The van der Waals surface area contributed by atoms with Gasteiger partial charge in [0.15, 0.2) is 0 Å². The van der Waals surface area contributed by atoms with Crippen molar-refractivity contribution in [3.05, 3.63) is 29.1 Å². The number of hydrogen-bond acceptors (Lipinski definition) is 2. The lowest BCUT2D eigenvalue weighted by Crippen LogP contribution is -2.22. The van der Waals surface area contributed by atoms with Crippen LogP contribution in [-0.4, -0.2) is 18.8 Å². The maximum Gasteiger partial charge on any atom is 0.130 e. The third kappa shape index (κ3) is 2.29. The van der Waals surface area contributed by atoms with Gasteiger partial charge in [-0.05, 0) is 24.6 Å². The van der Waals surface area contributed by atoms with E-state index in [4.69, 9.17) is 4.74 Å². The average Bonchev–Trinajstić information content (AvgIpc) is 2.21. The Morgan fingerprint density at radius 3 is 2.47 bits per heavy atom. The van der Waals surface area contributed by atoms with Gasteiger partial charge in [0.2, 0.25) is 0 Å². The summed E-state index contributed by atoms with van der Waals surface area (Å²) < 4.78 is 18.6. The Hall–Kier alpha value is -1.09. The summed E-state index contributed by atoms with van der Waals surface area (Å²) in [6.07, 6.45) is 0. The molecular formula is C12H17FO2. The number of halogens is 1. The third-order valence-corrected chi connectivity index (χ3v) is 2.69. The molecule has 1 N–H and O–H groups in total. The number of hydrogen-bond donors (Lipinski definition) is 1. The lowest BCUT2D eigenvalue weighted by molar-refractivity contribution is 0.218. The Morgan fingerprint density at radius 2 is 2.00 bits per heavy atom. The second-order valence-electron chi connectivity index (χ2n) is 4.33. The van der Waals surface area contributed by atoms with Crippen LogP contribution < -0.4 is 4.74 Å². The highest BCUT2D eigenvalue weighted by atomic mass is 19.1. The van der Waals surface area contributed by atoms with Crippen LogP contribution in [0.4, 0.5) is 4.39 Å². The van der Waals surface area contributed by atoms with Crippen molar-refractivity contribution in [3.8, 4) is 5.75 Å². The zero-order valence-corrected chi connectivity index (χ0v) is 9.60. The smallest absolute Gasteiger partial charge is 0.130 e. The average molecular weight is 212 g/mol. The van der Waals surface area contributed by atoms with E-state index in [0.29, 0.717) is 11.3 Å². The van der Waals surface area contributed by atoms with Crippen LogP contribution in [0.25, 0.3) is 0 Å². The summed E-state index contributed by atoms with van der Waals surface area (Å²) in [5.74, 6) is 0.220. The number of benzene rings is 1. The molecule has 0 aromatic heterocycles. The summed E-state index contributed by atoms with van der Waals surface area (Å²) in [6.45, 7) is 5.36. The summed E-state index contributed by atoms with van der Waals surface area (Å²) in [7, 11) is 1.51. The molecule has 2 nitrogen and oxygen atoms in total. The molecule has 0 aliphatic carbocycles. The Morgan fingerprint density at radius 1 is 1.40 bits per heavy atom. The molecule has 0 spiro atoms. The van der Waals surface area contributed by atoms with E-state index >= 15 is 0 Å². The second-order valence-corrected chi connectivity index (χ2v) is 4.33. The molecule has 1 aromatic rings. The first-order chi connectivity index (χ1) is 6.92. The van der Waals surface area contributed by atoms with Crippen molar-refractivity contribution in [1.82, 2.24) is 0 Å². The van der Waals surface area contributed by atoms with Gasteiger partial charge in [0.1, 0.15) is 11.6 Å². The van der Waals surface area contributed by atoms with Crippen LogP contribution in [-0.2, 0) is 5.41 Å². The van der Waals surface area contributed by atoms with Gasteiger partial charge in [-0.25, -0.2) is 4.39 Å². The summed E-state index contributed by atoms with van der Waals surface area (Å²) in [6, 6.07) is 3.22. The zero-order valence-electron chi connectivity index (χ0n) is 9.60. The molecule has 0 unspecified atom stereocenters. The molecule has 0 aliphatic heterocycles. The molecule has 0 heterocycles. The van der Waals surface area contributed by atoms with Crippen molar-refractivity contribution >= 4 is 0 Å². The zero-order chi connectivity index (χ0) is 11.6. The summed E-state index contributed by atoms with van der Waals surface area (Å²) >= 11 is 0. The van der Waals surface area contributed by atoms with Crippen molar-refractivity contribution < 1.29 is 14.2 Å². The minimum absolute atomic E-state index is 0.0291. The first kappa shape index (κ1) is 12.0. The third-order valence-electron chi connectivity index (χ3n) is 2.69. The Balaban J connectivity index is 3.28. The molecule has 0 radical (unpaired) electrons. The van der Waals surface area contributed by atoms with Crippen LogP contribution in [0.15, 0.2) is 12.1 Å². The predicted molar refractivity (Wildman–Crippen MR) is 57.8 cm³/mol. The molecule has 1 rings (SSSR count). The lowest BCUT2D eigenvalue weighted by Gasteiger charge is -2.23. The first-order valence-electron chi connectivity index (χ1n) is 4.88. The van der Waals surface area contributed by atoms with Crippen LogP contribution in [0.2, 0.25) is 0 Å². The fraction of sp³-hybridized carbons (Fsp3) is 0.500. The molecule has 0 saturated heterocycles. The number of aliphatic hydroxyl groups excluding tert-OH is 1.